The predicted octanol–water partition coefficient (Wildman–Crippen LogP) is -3.56. The van der Waals surface area contributed by atoms with Crippen LogP contribution in [0.15, 0.2) is 48.5 Å². The van der Waals surface area contributed by atoms with Gasteiger partial charge in [-0.05, 0) is 12.8 Å². The molecule has 0 aliphatic heterocycles. The number of halogens is 2. The Labute approximate surface area is 156 Å². The summed E-state index contributed by atoms with van der Waals surface area (Å²) in [5.41, 5.74) is 1.46. The molecule has 0 aliphatic rings. The zero-order chi connectivity index (χ0) is 12.5. The van der Waals surface area contributed by atoms with E-state index in [-0.39, 0.29) is 51.0 Å². The van der Waals surface area contributed by atoms with Crippen molar-refractivity contribution < 1.29 is 56.1 Å². The molecule has 2 aromatic carbocycles. The van der Waals surface area contributed by atoms with Gasteiger partial charge in [-0.15, -0.1) is 0 Å². The van der Waals surface area contributed by atoms with Crippen LogP contribution < -0.4 is 30.0 Å². The Morgan fingerprint density at radius 1 is 1.15 bits per heavy atom. The maximum absolute atomic E-state index is 8.71. The summed E-state index contributed by atoms with van der Waals surface area (Å²) in [6, 6.07) is 16.6. The van der Waals surface area contributed by atoms with Crippen molar-refractivity contribution in [2.24, 2.45) is 0 Å². The van der Waals surface area contributed by atoms with E-state index in [1.54, 1.807) is 5.19 Å². The van der Waals surface area contributed by atoms with E-state index in [0.717, 1.165) is 12.8 Å². The van der Waals surface area contributed by atoms with Gasteiger partial charge in [0.25, 0.3) is 0 Å². The first-order chi connectivity index (χ1) is 8.25. The van der Waals surface area contributed by atoms with Crippen LogP contribution in [-0.4, -0.2) is 20.5 Å². The average molecular weight is 409 g/mol. The Kier molecular flexibility index (Phi) is 19.9. The number of aryl methyl sites for hydroxylation is 1. The number of aliphatic hydroxyl groups excluding tert-OH is 1. The Bertz CT molecular complexity index is 371. The summed E-state index contributed by atoms with van der Waals surface area (Å²) < 4.78 is 0. The SMILES string of the molecule is C[SiH](C)[c-]1cccc1CCCO.[Cl-].[Cl-].[Zr+4].c1cc[cH-]c1. The smallest absolute Gasteiger partial charge is 1.00 e. The molecule has 0 heterocycles. The van der Waals surface area contributed by atoms with Crippen molar-refractivity contribution in [3.8, 4) is 0 Å². The van der Waals surface area contributed by atoms with Gasteiger partial charge in [-0.2, -0.15) is 35.0 Å². The van der Waals surface area contributed by atoms with Gasteiger partial charge in [0, 0.05) is 15.4 Å². The van der Waals surface area contributed by atoms with Crippen molar-refractivity contribution in [2.45, 2.75) is 25.9 Å². The fourth-order valence-electron chi connectivity index (χ4n) is 1.85. The molecule has 0 bridgehead atoms. The minimum Gasteiger partial charge on any atom is -1.00 e. The Hall–Kier alpha value is 0.340. The quantitative estimate of drug-likeness (QED) is 0.410. The topological polar surface area (TPSA) is 20.2 Å². The van der Waals surface area contributed by atoms with E-state index in [1.807, 2.05) is 30.3 Å². The number of aliphatic hydroxyl groups is 1. The summed E-state index contributed by atoms with van der Waals surface area (Å²) in [4.78, 5) is 0. The second-order valence-electron chi connectivity index (χ2n) is 4.45. The molecule has 0 atom stereocenters. The molecular formula is C15H22Cl2OSiZr. The maximum Gasteiger partial charge on any atom is 4.00 e. The van der Waals surface area contributed by atoms with Gasteiger partial charge in [-0.1, -0.05) is 13.1 Å². The summed E-state index contributed by atoms with van der Waals surface area (Å²) in [6.07, 6.45) is 1.95. The van der Waals surface area contributed by atoms with Crippen LogP contribution in [0.5, 0.6) is 0 Å². The second kappa shape index (κ2) is 15.7. The predicted molar refractivity (Wildman–Crippen MR) is 78.0 cm³/mol. The van der Waals surface area contributed by atoms with Crippen LogP contribution in [0.3, 0.4) is 0 Å². The average Bonchev–Trinajstić information content (AvgIpc) is 2.99. The van der Waals surface area contributed by atoms with Gasteiger partial charge in [0.1, 0.15) is 0 Å². The van der Waals surface area contributed by atoms with E-state index < -0.39 is 8.80 Å². The molecule has 0 radical (unpaired) electrons. The van der Waals surface area contributed by atoms with Crippen molar-refractivity contribution >= 4 is 14.0 Å². The summed E-state index contributed by atoms with van der Waals surface area (Å²) in [7, 11) is -0.644. The van der Waals surface area contributed by atoms with Gasteiger partial charge < -0.3 is 29.9 Å². The van der Waals surface area contributed by atoms with Gasteiger partial charge in [0.15, 0.2) is 0 Å². The molecule has 0 fully saturated rings. The second-order valence-corrected chi connectivity index (χ2v) is 7.38. The van der Waals surface area contributed by atoms with Crippen LogP contribution in [0.4, 0.5) is 0 Å². The van der Waals surface area contributed by atoms with Crippen molar-refractivity contribution in [3.63, 3.8) is 0 Å². The van der Waals surface area contributed by atoms with Crippen LogP contribution in [0.25, 0.3) is 0 Å². The van der Waals surface area contributed by atoms with E-state index in [1.165, 1.54) is 5.56 Å². The molecule has 2 rings (SSSR count). The van der Waals surface area contributed by atoms with Crippen molar-refractivity contribution in [3.05, 3.63) is 54.1 Å². The Morgan fingerprint density at radius 2 is 1.75 bits per heavy atom. The fraction of sp³-hybridized carbons (Fsp3) is 0.333. The first kappa shape index (κ1) is 25.3. The standard InChI is InChI=1S/C10H17OSi.C5H5.2ClH.Zr/c1-12(2)10-7-3-5-9(10)6-4-8-11;1-2-4-5-3-1;;;/h3,5,7,11-12H,4,6,8H2,1-2H3;1-5H;2*1H;/q2*-1;;;+4/p-2. The van der Waals surface area contributed by atoms with Crippen LogP contribution in [0.1, 0.15) is 12.0 Å². The molecule has 1 nitrogen and oxygen atoms in total. The van der Waals surface area contributed by atoms with Crippen molar-refractivity contribution in [2.75, 3.05) is 6.61 Å². The first-order valence-electron chi connectivity index (χ1n) is 6.27. The van der Waals surface area contributed by atoms with Gasteiger partial charge in [-0.25, -0.2) is 24.3 Å². The summed E-state index contributed by atoms with van der Waals surface area (Å²) in [5, 5.41) is 10.3. The number of rotatable bonds is 4. The zero-order valence-electron chi connectivity index (χ0n) is 12.0. The van der Waals surface area contributed by atoms with Gasteiger partial charge in [0.2, 0.25) is 0 Å². The summed E-state index contributed by atoms with van der Waals surface area (Å²) in [6.45, 7) is 5.00. The van der Waals surface area contributed by atoms with E-state index in [2.05, 4.69) is 31.3 Å². The molecule has 0 amide bonds. The summed E-state index contributed by atoms with van der Waals surface area (Å²) in [5.74, 6) is 0. The molecule has 2 aromatic rings. The Morgan fingerprint density at radius 3 is 2.15 bits per heavy atom. The van der Waals surface area contributed by atoms with Crippen LogP contribution >= 0.6 is 0 Å². The molecule has 5 heteroatoms. The maximum atomic E-state index is 8.71. The molecule has 0 aliphatic carbocycles. The third-order valence-electron chi connectivity index (χ3n) is 2.73. The first-order valence-corrected chi connectivity index (χ1v) is 9.16. The van der Waals surface area contributed by atoms with Crippen LogP contribution in [-0.2, 0) is 32.6 Å². The minimum absolute atomic E-state index is 0. The molecule has 20 heavy (non-hydrogen) atoms. The van der Waals surface area contributed by atoms with E-state index in [9.17, 15) is 0 Å². The van der Waals surface area contributed by atoms with Gasteiger partial charge >= 0.3 is 26.2 Å². The minimum atomic E-state index is -0.644. The van der Waals surface area contributed by atoms with Gasteiger partial charge in [0.05, 0.1) is 0 Å². The van der Waals surface area contributed by atoms with Crippen LogP contribution in [0, 0.1) is 0 Å². The third kappa shape index (κ3) is 10.1. The fourth-order valence-corrected chi connectivity index (χ4v) is 3.33. The molecule has 0 saturated carbocycles. The molecule has 0 aromatic heterocycles. The van der Waals surface area contributed by atoms with E-state index >= 15 is 0 Å². The molecule has 1 N–H and O–H groups in total. The molecule has 0 saturated heterocycles. The van der Waals surface area contributed by atoms with Crippen molar-refractivity contribution in [1.29, 1.82) is 0 Å². The normalized spacial score (nSPS) is 8.60. The Balaban J connectivity index is -0.000000312. The monoisotopic (exact) mass is 406 g/mol. The number of hydrogen-bond donors (Lipinski definition) is 1. The van der Waals surface area contributed by atoms with Crippen molar-refractivity contribution in [1.82, 2.24) is 0 Å². The zero-order valence-corrected chi connectivity index (χ0v) is 17.1. The van der Waals surface area contributed by atoms with Gasteiger partial charge in [-0.3, -0.25) is 0 Å². The largest absolute Gasteiger partial charge is 4.00 e. The molecular weight excluding hydrogens is 386 g/mol. The summed E-state index contributed by atoms with van der Waals surface area (Å²) >= 11 is 0. The molecule has 0 unspecified atom stereocenters. The van der Waals surface area contributed by atoms with E-state index in [4.69, 9.17) is 5.11 Å². The third-order valence-corrected chi connectivity index (χ3v) is 4.53. The molecule has 110 valence electrons. The van der Waals surface area contributed by atoms with Crippen LogP contribution in [0.2, 0.25) is 13.1 Å². The number of hydrogen-bond acceptors (Lipinski definition) is 1. The van der Waals surface area contributed by atoms with E-state index in [0.29, 0.717) is 6.61 Å². The molecule has 0 spiro atoms.